The largest absolute Gasteiger partial charge is 0.379 e. The molecule has 0 bridgehead atoms. The second-order valence-corrected chi connectivity index (χ2v) is 5.47. The minimum atomic E-state index is 0.381. The van der Waals surface area contributed by atoms with Gasteiger partial charge in [-0.1, -0.05) is 13.3 Å². The van der Waals surface area contributed by atoms with Gasteiger partial charge in [0, 0.05) is 31.2 Å². The van der Waals surface area contributed by atoms with Gasteiger partial charge in [0.25, 0.3) is 0 Å². The molecule has 1 N–H and O–H groups in total. The topological polar surface area (TPSA) is 52.0 Å². The van der Waals surface area contributed by atoms with E-state index < -0.39 is 0 Å². The highest BCUT2D eigenvalue weighted by atomic mass is 16.5. The van der Waals surface area contributed by atoms with Crippen molar-refractivity contribution in [1.82, 2.24) is 14.8 Å². The molecule has 0 radical (unpaired) electrons. The number of nitrogens with zero attached hydrogens (tertiary/aromatic N) is 3. The highest BCUT2D eigenvalue weighted by molar-refractivity contribution is 5.56. The molecule has 2 unspecified atom stereocenters. The number of nitrogens with one attached hydrogen (secondary N) is 1. The van der Waals surface area contributed by atoms with Gasteiger partial charge >= 0.3 is 0 Å². The lowest BCUT2D eigenvalue weighted by molar-refractivity contribution is 0.00597. The van der Waals surface area contributed by atoms with Gasteiger partial charge in [-0.2, -0.15) is 5.10 Å². The smallest absolute Gasteiger partial charge is 0.176 e. The number of hydrogen-bond acceptors (Lipinski definition) is 4. The van der Waals surface area contributed by atoms with E-state index in [1.807, 2.05) is 18.3 Å². The van der Waals surface area contributed by atoms with E-state index >= 15 is 0 Å². The summed E-state index contributed by atoms with van der Waals surface area (Å²) in [5.41, 5.74) is 1.03. The van der Waals surface area contributed by atoms with Gasteiger partial charge in [-0.25, -0.2) is 9.67 Å². The van der Waals surface area contributed by atoms with Crippen molar-refractivity contribution in [3.63, 3.8) is 0 Å². The number of rotatable bonds is 5. The fourth-order valence-electron chi connectivity index (χ4n) is 2.84. The van der Waals surface area contributed by atoms with Crippen molar-refractivity contribution in [3.05, 3.63) is 36.8 Å². The summed E-state index contributed by atoms with van der Waals surface area (Å²) in [4.78, 5) is 4.45. The molecular formula is C16H22N4O. The minimum Gasteiger partial charge on any atom is -0.379 e. The number of pyridine rings is 1. The Balaban J connectivity index is 1.73. The summed E-state index contributed by atoms with van der Waals surface area (Å²) in [5, 5.41) is 7.90. The van der Waals surface area contributed by atoms with Gasteiger partial charge in [-0.15, -0.1) is 0 Å². The Hall–Kier alpha value is -1.88. The molecule has 0 spiro atoms. The second-order valence-electron chi connectivity index (χ2n) is 5.47. The first-order chi connectivity index (χ1) is 10.4. The van der Waals surface area contributed by atoms with E-state index in [9.17, 15) is 0 Å². The minimum absolute atomic E-state index is 0.381. The lowest BCUT2D eigenvalue weighted by Crippen LogP contribution is -2.34. The van der Waals surface area contributed by atoms with Gasteiger partial charge < -0.3 is 10.1 Å². The predicted octanol–water partition coefficient (Wildman–Crippen LogP) is 3.03. The van der Waals surface area contributed by atoms with Crippen molar-refractivity contribution in [1.29, 1.82) is 0 Å². The molecular weight excluding hydrogens is 264 g/mol. The molecule has 21 heavy (non-hydrogen) atoms. The van der Waals surface area contributed by atoms with Crippen LogP contribution in [0.4, 0.5) is 5.69 Å². The molecule has 2 aromatic rings. The Morgan fingerprint density at radius 2 is 2.33 bits per heavy atom. The predicted molar refractivity (Wildman–Crippen MR) is 82.7 cm³/mol. The van der Waals surface area contributed by atoms with Crippen LogP contribution in [0.5, 0.6) is 0 Å². The highest BCUT2D eigenvalue weighted by Crippen LogP contribution is 2.24. The Bertz CT molecular complexity index is 553. The van der Waals surface area contributed by atoms with Crippen LogP contribution in [0.2, 0.25) is 0 Å². The van der Waals surface area contributed by atoms with Crippen LogP contribution < -0.4 is 5.32 Å². The molecule has 1 aliphatic heterocycles. The van der Waals surface area contributed by atoms with Crippen molar-refractivity contribution < 1.29 is 4.74 Å². The monoisotopic (exact) mass is 286 g/mol. The van der Waals surface area contributed by atoms with Gasteiger partial charge in [0.05, 0.1) is 11.8 Å². The summed E-state index contributed by atoms with van der Waals surface area (Å²) >= 11 is 0. The summed E-state index contributed by atoms with van der Waals surface area (Å²) in [6.45, 7) is 3.04. The molecule has 1 saturated heterocycles. The zero-order valence-electron chi connectivity index (χ0n) is 12.4. The van der Waals surface area contributed by atoms with Gasteiger partial charge in [0.15, 0.2) is 5.82 Å². The number of ether oxygens (including phenoxy) is 1. The Morgan fingerprint density at radius 1 is 1.38 bits per heavy atom. The molecule has 112 valence electrons. The van der Waals surface area contributed by atoms with E-state index in [1.165, 1.54) is 6.42 Å². The molecule has 3 rings (SSSR count). The van der Waals surface area contributed by atoms with Crippen LogP contribution in [0.1, 0.15) is 32.6 Å². The molecule has 5 nitrogen and oxygen atoms in total. The number of anilines is 1. The Labute approximate surface area is 125 Å². The summed E-state index contributed by atoms with van der Waals surface area (Å²) in [6, 6.07) is 6.37. The van der Waals surface area contributed by atoms with E-state index in [-0.39, 0.29) is 0 Å². The summed E-state index contributed by atoms with van der Waals surface area (Å²) < 4.78 is 7.61. The average Bonchev–Trinajstić information content (AvgIpc) is 3.03. The summed E-state index contributed by atoms with van der Waals surface area (Å²) in [6.07, 6.45) is 10.3. The van der Waals surface area contributed by atoms with Crippen molar-refractivity contribution in [3.8, 4) is 5.82 Å². The standard InChI is InChI=1S/C16H22N4O/c1-2-5-14-12-13(7-11-21-14)19-15-6-3-8-17-16(15)20-10-4-9-18-20/h3-4,6,8-10,13-14,19H,2,5,7,11-12H2,1H3. The summed E-state index contributed by atoms with van der Waals surface area (Å²) in [7, 11) is 0. The van der Waals surface area contributed by atoms with Crippen LogP contribution in [0.3, 0.4) is 0 Å². The number of hydrogen-bond donors (Lipinski definition) is 1. The molecule has 1 fully saturated rings. The zero-order valence-corrected chi connectivity index (χ0v) is 12.4. The van der Waals surface area contributed by atoms with Crippen molar-refractivity contribution >= 4 is 5.69 Å². The van der Waals surface area contributed by atoms with Crippen LogP contribution >= 0.6 is 0 Å². The van der Waals surface area contributed by atoms with Crippen LogP contribution in [0, 0.1) is 0 Å². The lowest BCUT2D eigenvalue weighted by atomic mass is 10.00. The van der Waals surface area contributed by atoms with Crippen molar-refractivity contribution in [2.45, 2.75) is 44.8 Å². The maximum Gasteiger partial charge on any atom is 0.176 e. The number of aromatic nitrogens is 3. The van der Waals surface area contributed by atoms with Crippen molar-refractivity contribution in [2.75, 3.05) is 11.9 Å². The third kappa shape index (κ3) is 3.42. The van der Waals surface area contributed by atoms with Crippen LogP contribution in [-0.2, 0) is 4.74 Å². The van der Waals surface area contributed by atoms with Gasteiger partial charge in [-0.05, 0) is 37.5 Å². The fourth-order valence-corrected chi connectivity index (χ4v) is 2.84. The van der Waals surface area contributed by atoms with E-state index in [2.05, 4.69) is 28.4 Å². The normalized spacial score (nSPS) is 22.1. The van der Waals surface area contributed by atoms with E-state index in [0.29, 0.717) is 12.1 Å². The molecule has 2 atom stereocenters. The zero-order chi connectivity index (χ0) is 14.5. The van der Waals surface area contributed by atoms with Crippen LogP contribution in [0.15, 0.2) is 36.8 Å². The van der Waals surface area contributed by atoms with E-state index in [1.54, 1.807) is 17.1 Å². The van der Waals surface area contributed by atoms with Crippen molar-refractivity contribution in [2.24, 2.45) is 0 Å². The molecule has 5 heteroatoms. The van der Waals surface area contributed by atoms with E-state index in [4.69, 9.17) is 4.74 Å². The SMILES string of the molecule is CCCC1CC(Nc2cccnc2-n2cccn2)CCO1. The van der Waals surface area contributed by atoms with Gasteiger partial charge in [0.2, 0.25) is 0 Å². The fraction of sp³-hybridized carbons (Fsp3) is 0.500. The molecule has 0 aromatic carbocycles. The first-order valence-corrected chi connectivity index (χ1v) is 7.70. The highest BCUT2D eigenvalue weighted by Gasteiger charge is 2.22. The summed E-state index contributed by atoms with van der Waals surface area (Å²) in [5.74, 6) is 0.848. The second kappa shape index (κ2) is 6.72. The lowest BCUT2D eigenvalue weighted by Gasteiger charge is -2.31. The van der Waals surface area contributed by atoms with Gasteiger partial charge in [0.1, 0.15) is 0 Å². The first kappa shape index (κ1) is 14.1. The average molecular weight is 286 g/mol. The maximum absolute atomic E-state index is 5.82. The van der Waals surface area contributed by atoms with Gasteiger partial charge in [-0.3, -0.25) is 0 Å². The Morgan fingerprint density at radius 3 is 3.14 bits per heavy atom. The maximum atomic E-state index is 5.82. The van der Waals surface area contributed by atoms with Crippen LogP contribution in [-0.4, -0.2) is 33.5 Å². The van der Waals surface area contributed by atoms with Crippen LogP contribution in [0.25, 0.3) is 5.82 Å². The molecule has 0 aliphatic carbocycles. The molecule has 0 saturated carbocycles. The molecule has 2 aromatic heterocycles. The molecule has 0 amide bonds. The molecule has 1 aliphatic rings. The quantitative estimate of drug-likeness (QED) is 0.918. The first-order valence-electron chi connectivity index (χ1n) is 7.70. The van der Waals surface area contributed by atoms with E-state index in [0.717, 1.165) is 37.4 Å². The molecule has 3 heterocycles. The Kier molecular flexibility index (Phi) is 4.50. The third-order valence-electron chi connectivity index (χ3n) is 3.85. The third-order valence-corrected chi connectivity index (χ3v) is 3.85.